The average Bonchev–Trinajstić information content (AvgIpc) is 3.10. The number of sulfonamides is 1. The van der Waals surface area contributed by atoms with Crippen LogP contribution in [0, 0.1) is 0 Å². The normalized spacial score (nSPS) is 21.7. The van der Waals surface area contributed by atoms with E-state index in [0.29, 0.717) is 24.6 Å². The zero-order chi connectivity index (χ0) is 21.5. The van der Waals surface area contributed by atoms with E-state index in [-0.39, 0.29) is 36.1 Å². The highest BCUT2D eigenvalue weighted by molar-refractivity contribution is 7.88. The van der Waals surface area contributed by atoms with Crippen molar-refractivity contribution in [1.29, 1.82) is 0 Å². The minimum Gasteiger partial charge on any atom is -0.455 e. The number of carbonyl (C=O) groups is 2. The van der Waals surface area contributed by atoms with Crippen molar-refractivity contribution in [1.82, 2.24) is 20.1 Å². The van der Waals surface area contributed by atoms with Crippen LogP contribution in [-0.4, -0.2) is 55.2 Å². The summed E-state index contributed by atoms with van der Waals surface area (Å²) >= 11 is 0. The highest BCUT2D eigenvalue weighted by atomic mass is 32.2. The number of carbonyl (C=O) groups excluding carboxylic acids is 2. The van der Waals surface area contributed by atoms with Crippen LogP contribution in [0.1, 0.15) is 64.7 Å². The molecule has 4 rings (SSSR count). The molecule has 2 aliphatic rings. The van der Waals surface area contributed by atoms with Crippen molar-refractivity contribution < 1.29 is 26.9 Å². The number of amides is 2. The molecule has 0 unspecified atom stereocenters. The summed E-state index contributed by atoms with van der Waals surface area (Å²) < 4.78 is 35.3. The number of hydrogen-bond donors (Lipinski definition) is 2. The molecule has 3 heterocycles. The molecule has 11 heteroatoms. The summed E-state index contributed by atoms with van der Waals surface area (Å²) in [5.74, 6) is 0.405. The fraction of sp³-hybridized carbons (Fsp3) is 0.526. The van der Waals surface area contributed by atoms with E-state index < -0.39 is 15.9 Å². The molecule has 1 saturated carbocycles. The van der Waals surface area contributed by atoms with Crippen LogP contribution >= 0.6 is 0 Å². The van der Waals surface area contributed by atoms with Crippen LogP contribution in [0.4, 0.5) is 0 Å². The van der Waals surface area contributed by atoms with Crippen molar-refractivity contribution in [3.05, 3.63) is 41.2 Å². The predicted octanol–water partition coefficient (Wildman–Crippen LogP) is 1.23. The maximum atomic E-state index is 12.8. The maximum absolute atomic E-state index is 12.8. The second kappa shape index (κ2) is 7.88. The van der Waals surface area contributed by atoms with Crippen molar-refractivity contribution in [3.63, 3.8) is 0 Å². The summed E-state index contributed by atoms with van der Waals surface area (Å²) in [5, 5.41) is 6.88. The van der Waals surface area contributed by atoms with Gasteiger partial charge in [0.15, 0.2) is 5.76 Å². The number of nitrogens with zero attached hydrogens (tertiary/aromatic N) is 2. The molecule has 1 aliphatic heterocycles. The molecule has 0 aromatic carbocycles. The first kappa shape index (κ1) is 20.6. The van der Waals surface area contributed by atoms with E-state index in [1.54, 1.807) is 17.0 Å². The summed E-state index contributed by atoms with van der Waals surface area (Å²) in [6.07, 6.45) is 3.80. The third-order valence-electron chi connectivity index (χ3n) is 5.46. The number of hydrogen-bond acceptors (Lipinski definition) is 7. The minimum atomic E-state index is -3.36. The van der Waals surface area contributed by atoms with Gasteiger partial charge in [0.25, 0.3) is 11.8 Å². The third kappa shape index (κ3) is 4.57. The van der Waals surface area contributed by atoms with E-state index in [1.807, 2.05) is 6.92 Å². The van der Waals surface area contributed by atoms with E-state index in [0.717, 1.165) is 24.8 Å². The Kier molecular flexibility index (Phi) is 5.41. The number of rotatable bonds is 7. The van der Waals surface area contributed by atoms with Crippen molar-refractivity contribution in [2.75, 3.05) is 12.8 Å². The van der Waals surface area contributed by atoms with Crippen LogP contribution in [0.2, 0.25) is 0 Å². The molecule has 0 radical (unpaired) electrons. The lowest BCUT2D eigenvalue weighted by Crippen LogP contribution is -2.45. The highest BCUT2D eigenvalue weighted by Gasteiger charge is 2.37. The smallest absolute Gasteiger partial charge is 0.292 e. The molecule has 2 aromatic rings. The number of aromatic nitrogens is 1. The van der Waals surface area contributed by atoms with Gasteiger partial charge >= 0.3 is 0 Å². The Balaban J connectivity index is 1.34. The minimum absolute atomic E-state index is 0.0335. The van der Waals surface area contributed by atoms with Crippen LogP contribution in [0.5, 0.6) is 0 Å². The largest absolute Gasteiger partial charge is 0.455 e. The first-order valence-electron chi connectivity index (χ1n) is 9.83. The molecular weight excluding hydrogens is 412 g/mol. The van der Waals surface area contributed by atoms with Gasteiger partial charge in [0.2, 0.25) is 15.8 Å². The summed E-state index contributed by atoms with van der Waals surface area (Å²) in [5.41, 5.74) is 0.828. The Morgan fingerprint density at radius 1 is 1.23 bits per heavy atom. The monoisotopic (exact) mass is 436 g/mol. The topological polar surface area (TPSA) is 135 Å². The van der Waals surface area contributed by atoms with E-state index in [1.165, 1.54) is 6.07 Å². The number of likely N-dealkylation sites (tertiary alicyclic amines) is 1. The predicted molar refractivity (Wildman–Crippen MR) is 105 cm³/mol. The highest BCUT2D eigenvalue weighted by Crippen LogP contribution is 2.39. The summed E-state index contributed by atoms with van der Waals surface area (Å²) in [6, 6.07) is 4.29. The van der Waals surface area contributed by atoms with Gasteiger partial charge in [-0.1, -0.05) is 5.16 Å². The van der Waals surface area contributed by atoms with Crippen LogP contribution in [0.25, 0.3) is 0 Å². The molecule has 30 heavy (non-hydrogen) atoms. The van der Waals surface area contributed by atoms with Gasteiger partial charge in [-0.2, -0.15) is 0 Å². The van der Waals surface area contributed by atoms with Crippen molar-refractivity contribution >= 4 is 21.8 Å². The second-order valence-electron chi connectivity index (χ2n) is 7.86. The summed E-state index contributed by atoms with van der Waals surface area (Å²) in [7, 11) is -3.36. The Morgan fingerprint density at radius 3 is 2.70 bits per heavy atom. The lowest BCUT2D eigenvalue weighted by Gasteiger charge is -2.24. The molecule has 2 fully saturated rings. The molecule has 1 aliphatic carbocycles. The third-order valence-corrected chi connectivity index (χ3v) is 6.13. The molecule has 162 valence electrons. The molecular formula is C19H24N4O6S. The van der Waals surface area contributed by atoms with Crippen LogP contribution < -0.4 is 10.0 Å². The van der Waals surface area contributed by atoms with Crippen LogP contribution in [0.3, 0.4) is 0 Å². The van der Waals surface area contributed by atoms with Crippen LogP contribution in [-0.2, 0) is 16.6 Å². The SMILES string of the molecule is C[C@@H]1[C@H](NC(=O)c2ccc(CNS(C)(=O)=O)o2)CCN1C(=O)c1cc(C2CC2)no1. The van der Waals surface area contributed by atoms with Crippen molar-refractivity contribution in [2.45, 2.75) is 50.7 Å². The van der Waals surface area contributed by atoms with Crippen molar-refractivity contribution in [2.24, 2.45) is 0 Å². The first-order chi connectivity index (χ1) is 14.2. The molecule has 2 atom stereocenters. The van der Waals surface area contributed by atoms with Gasteiger partial charge in [0.1, 0.15) is 5.76 Å². The molecule has 2 aromatic heterocycles. The number of nitrogens with one attached hydrogen (secondary N) is 2. The van der Waals surface area contributed by atoms with Gasteiger partial charge in [0, 0.05) is 24.6 Å². The van der Waals surface area contributed by atoms with Crippen molar-refractivity contribution in [3.8, 4) is 0 Å². The van der Waals surface area contributed by atoms with Gasteiger partial charge < -0.3 is 19.2 Å². The summed E-state index contributed by atoms with van der Waals surface area (Å²) in [6.45, 7) is 2.33. The molecule has 2 amide bonds. The van der Waals surface area contributed by atoms with E-state index in [4.69, 9.17) is 8.94 Å². The fourth-order valence-electron chi connectivity index (χ4n) is 3.56. The van der Waals surface area contributed by atoms with Gasteiger partial charge in [0.05, 0.1) is 24.5 Å². The lowest BCUT2D eigenvalue weighted by molar-refractivity contribution is 0.0687. The Hall–Kier alpha value is -2.66. The number of furan rings is 1. The summed E-state index contributed by atoms with van der Waals surface area (Å²) in [4.78, 5) is 27.0. The van der Waals surface area contributed by atoms with Gasteiger partial charge in [-0.25, -0.2) is 13.1 Å². The zero-order valence-corrected chi connectivity index (χ0v) is 17.6. The lowest BCUT2D eigenvalue weighted by atomic mass is 10.1. The maximum Gasteiger partial charge on any atom is 0.292 e. The zero-order valence-electron chi connectivity index (χ0n) is 16.8. The Bertz CT molecular complexity index is 1050. The molecule has 10 nitrogen and oxygen atoms in total. The fourth-order valence-corrected chi connectivity index (χ4v) is 3.96. The first-order valence-corrected chi connectivity index (χ1v) is 11.7. The van der Waals surface area contributed by atoms with E-state index in [2.05, 4.69) is 15.2 Å². The quantitative estimate of drug-likeness (QED) is 0.666. The standard InChI is InChI=1S/C19H24N4O6S/c1-11-14(21-18(24)16-6-5-13(28-16)10-20-30(2,26)27)7-8-23(11)19(25)17-9-15(22-29-17)12-3-4-12/h5-6,9,11-12,14,20H,3-4,7-8,10H2,1-2H3,(H,21,24)/t11-,14-/m1/s1. The Labute approximate surface area is 174 Å². The van der Waals surface area contributed by atoms with Gasteiger partial charge in [-0.3, -0.25) is 9.59 Å². The second-order valence-corrected chi connectivity index (χ2v) is 9.69. The Morgan fingerprint density at radius 2 is 2.00 bits per heavy atom. The van der Waals surface area contributed by atoms with E-state index in [9.17, 15) is 18.0 Å². The van der Waals surface area contributed by atoms with Gasteiger partial charge in [-0.05, 0) is 38.3 Å². The van der Waals surface area contributed by atoms with Gasteiger partial charge in [-0.15, -0.1) is 0 Å². The van der Waals surface area contributed by atoms with E-state index >= 15 is 0 Å². The average molecular weight is 436 g/mol. The molecule has 2 N–H and O–H groups in total. The molecule has 1 saturated heterocycles. The molecule has 0 bridgehead atoms. The van der Waals surface area contributed by atoms with Crippen LogP contribution in [0.15, 0.2) is 27.1 Å². The molecule has 0 spiro atoms.